The highest BCUT2D eigenvalue weighted by Crippen LogP contribution is 2.42. The molecular formula is C35H39F2N5O7S. The Kier molecular flexibility index (Phi) is 10.1. The van der Waals surface area contributed by atoms with Gasteiger partial charge in [0.2, 0.25) is 10.0 Å². The Balaban J connectivity index is 0.00000504. The maximum Gasteiger partial charge on any atom is 0.320 e. The lowest BCUT2D eigenvalue weighted by atomic mass is 9.97. The van der Waals surface area contributed by atoms with Crippen LogP contribution < -0.4 is 9.62 Å². The third-order valence-electron chi connectivity index (χ3n) is 8.86. The van der Waals surface area contributed by atoms with Crippen LogP contribution in [0.2, 0.25) is 0 Å². The number of sulfonamides is 1. The number of carbonyl (C=O) groups is 3. The summed E-state index contributed by atoms with van der Waals surface area (Å²) in [5, 5.41) is 2.93. The van der Waals surface area contributed by atoms with Gasteiger partial charge in [0.15, 0.2) is 0 Å². The molecular weight excluding hydrogens is 672 g/mol. The summed E-state index contributed by atoms with van der Waals surface area (Å²) in [5.41, 5.74) is 1.84. The van der Waals surface area contributed by atoms with Gasteiger partial charge >= 0.3 is 6.03 Å². The van der Waals surface area contributed by atoms with Gasteiger partial charge in [0.25, 0.3) is 11.8 Å². The minimum absolute atomic E-state index is 0. The molecule has 1 aromatic heterocycles. The first-order valence-corrected chi connectivity index (χ1v) is 18.0. The Morgan fingerprint density at radius 3 is 2.20 bits per heavy atom. The first-order valence-electron chi connectivity index (χ1n) is 16.1. The number of fused-ring (bicyclic) bond motifs is 1. The van der Waals surface area contributed by atoms with Crippen LogP contribution in [0.25, 0.3) is 33.4 Å². The topological polar surface area (TPSA) is 133 Å². The number of alkyl halides is 1. The van der Waals surface area contributed by atoms with Crippen molar-refractivity contribution in [3.8, 4) is 22.5 Å². The molecule has 3 heterocycles. The molecule has 2 fully saturated rings. The third kappa shape index (κ3) is 7.01. The number of amides is 4. The highest BCUT2D eigenvalue weighted by atomic mass is 32.2. The molecule has 0 bridgehead atoms. The van der Waals surface area contributed by atoms with Crippen LogP contribution in [0.3, 0.4) is 0 Å². The van der Waals surface area contributed by atoms with Gasteiger partial charge in [-0.25, -0.2) is 22.0 Å². The summed E-state index contributed by atoms with van der Waals surface area (Å²) in [6.45, 7) is 1.96. The van der Waals surface area contributed by atoms with Gasteiger partial charge in [-0.1, -0.05) is 12.1 Å². The van der Waals surface area contributed by atoms with E-state index < -0.39 is 35.0 Å². The average Bonchev–Trinajstić information content (AvgIpc) is 3.51. The minimum atomic E-state index is -4.01. The van der Waals surface area contributed by atoms with Crippen LogP contribution in [0, 0.1) is 5.82 Å². The quantitative estimate of drug-likeness (QED) is 0.286. The standard InChI is InChI=1S/C35H37F2N5O7S.H2/c1-38-33(43)31-28-21-27(29(42(11-10-36)50(2,46)47)22-30(28)49-32(31)23-6-8-26(37)9-7-23)24-4-3-5-25(20-24)34(44)39-12-14-40(15-13-39)35(45)41-16-18-48-19-17-41;/h3-9,20-22H,10-19H2,1-2H3,(H,38,43);1H. The molecule has 0 unspecified atom stereocenters. The SMILES string of the molecule is CNC(=O)c1c(-c2ccc(F)cc2)oc2cc(N(CCF)S(C)(=O)=O)c(-c3cccc(C(=O)N4CCN(C(=O)N5CCOCC5)CC4)c3)cc12.[HH]. The zero-order valence-electron chi connectivity index (χ0n) is 27.7. The first-order chi connectivity index (χ1) is 24.0. The predicted octanol–water partition coefficient (Wildman–Crippen LogP) is 4.46. The Morgan fingerprint density at radius 2 is 1.56 bits per heavy atom. The number of hydrogen-bond donors (Lipinski definition) is 1. The van der Waals surface area contributed by atoms with Gasteiger partial charge in [-0.05, 0) is 48.0 Å². The van der Waals surface area contributed by atoms with Crippen LogP contribution in [0.1, 0.15) is 22.1 Å². The molecule has 2 aliphatic heterocycles. The average molecular weight is 712 g/mol. The van der Waals surface area contributed by atoms with Gasteiger partial charge in [0, 0.05) is 75.9 Å². The molecule has 0 saturated carbocycles. The first kappa shape index (κ1) is 34.8. The van der Waals surface area contributed by atoms with Gasteiger partial charge in [-0.3, -0.25) is 13.9 Å². The molecule has 0 aliphatic carbocycles. The number of nitrogens with one attached hydrogen (secondary N) is 1. The fourth-order valence-corrected chi connectivity index (χ4v) is 7.23. The normalized spacial score (nSPS) is 15.3. The van der Waals surface area contributed by atoms with E-state index in [-0.39, 0.29) is 36.0 Å². The van der Waals surface area contributed by atoms with Crippen LogP contribution >= 0.6 is 0 Å². The van der Waals surface area contributed by atoms with Crippen molar-refractivity contribution in [3.05, 3.63) is 77.6 Å². The van der Waals surface area contributed by atoms with Gasteiger partial charge in [-0.15, -0.1) is 0 Å². The molecule has 12 nitrogen and oxygen atoms in total. The molecule has 50 heavy (non-hydrogen) atoms. The molecule has 4 amide bonds. The Hall–Kier alpha value is -5.02. The lowest BCUT2D eigenvalue weighted by molar-refractivity contribution is 0.0362. The van der Waals surface area contributed by atoms with Crippen molar-refractivity contribution in [2.24, 2.45) is 0 Å². The van der Waals surface area contributed by atoms with Crippen molar-refractivity contribution in [3.63, 3.8) is 0 Å². The number of ether oxygens (including phenoxy) is 1. The molecule has 15 heteroatoms. The number of hydrogen-bond acceptors (Lipinski definition) is 7. The van der Waals surface area contributed by atoms with Crippen molar-refractivity contribution in [2.45, 2.75) is 0 Å². The monoisotopic (exact) mass is 711 g/mol. The number of carbonyl (C=O) groups excluding carboxylic acids is 3. The zero-order valence-corrected chi connectivity index (χ0v) is 28.5. The molecule has 266 valence electrons. The van der Waals surface area contributed by atoms with Crippen molar-refractivity contribution < 1.29 is 42.2 Å². The highest BCUT2D eigenvalue weighted by Gasteiger charge is 2.30. The van der Waals surface area contributed by atoms with Crippen LogP contribution in [-0.4, -0.2) is 120 Å². The molecule has 1 N–H and O–H groups in total. The summed E-state index contributed by atoms with van der Waals surface area (Å²) >= 11 is 0. The summed E-state index contributed by atoms with van der Waals surface area (Å²) in [4.78, 5) is 45.1. The summed E-state index contributed by atoms with van der Waals surface area (Å²) in [7, 11) is -2.56. The largest absolute Gasteiger partial charge is 0.455 e. The van der Waals surface area contributed by atoms with Crippen molar-refractivity contribution in [1.82, 2.24) is 20.0 Å². The molecule has 0 radical (unpaired) electrons. The van der Waals surface area contributed by atoms with E-state index in [9.17, 15) is 31.6 Å². The minimum Gasteiger partial charge on any atom is -0.455 e. The number of furan rings is 1. The van der Waals surface area contributed by atoms with E-state index in [0.717, 1.165) is 10.6 Å². The molecule has 3 aromatic carbocycles. The molecule has 0 spiro atoms. The van der Waals surface area contributed by atoms with Crippen molar-refractivity contribution >= 4 is 44.5 Å². The summed E-state index contributed by atoms with van der Waals surface area (Å²) < 4.78 is 66.0. The maximum atomic E-state index is 13.8. The second-order valence-electron chi connectivity index (χ2n) is 12.0. The fraction of sp³-hybridized carbons (Fsp3) is 0.343. The summed E-state index contributed by atoms with van der Waals surface area (Å²) in [6.07, 6.45) is 0.960. The number of benzene rings is 3. The van der Waals surface area contributed by atoms with Gasteiger partial charge in [0.1, 0.15) is 23.8 Å². The Bertz CT molecular complexity index is 2030. The zero-order chi connectivity index (χ0) is 35.6. The molecule has 4 aromatic rings. The van der Waals surface area contributed by atoms with E-state index in [4.69, 9.17) is 9.15 Å². The molecule has 2 saturated heterocycles. The van der Waals surface area contributed by atoms with E-state index in [0.29, 0.717) is 80.1 Å². The number of morpholine rings is 1. The smallest absolute Gasteiger partial charge is 0.320 e. The number of halogens is 2. The number of rotatable bonds is 8. The Labute approximate surface area is 289 Å². The number of urea groups is 1. The van der Waals surface area contributed by atoms with Crippen LogP contribution in [0.5, 0.6) is 0 Å². The number of piperazine rings is 1. The van der Waals surface area contributed by atoms with E-state index in [1.165, 1.54) is 37.4 Å². The second-order valence-corrected chi connectivity index (χ2v) is 13.9. The van der Waals surface area contributed by atoms with Gasteiger partial charge in [0.05, 0.1) is 37.3 Å². The molecule has 0 atom stereocenters. The lowest BCUT2D eigenvalue weighted by Gasteiger charge is -2.38. The highest BCUT2D eigenvalue weighted by molar-refractivity contribution is 7.92. The van der Waals surface area contributed by atoms with Crippen molar-refractivity contribution in [1.29, 1.82) is 0 Å². The number of nitrogens with zero attached hydrogens (tertiary/aromatic N) is 4. The summed E-state index contributed by atoms with van der Waals surface area (Å²) in [6, 6.07) is 14.9. The maximum absolute atomic E-state index is 13.8. The van der Waals surface area contributed by atoms with Crippen LogP contribution in [0.15, 0.2) is 65.1 Å². The van der Waals surface area contributed by atoms with Gasteiger partial charge < -0.3 is 29.2 Å². The predicted molar refractivity (Wildman–Crippen MR) is 186 cm³/mol. The third-order valence-corrected chi connectivity index (χ3v) is 10.0. The summed E-state index contributed by atoms with van der Waals surface area (Å²) in [5.74, 6) is -1.12. The Morgan fingerprint density at radius 1 is 0.900 bits per heavy atom. The van der Waals surface area contributed by atoms with E-state index in [1.807, 2.05) is 0 Å². The molecule has 6 rings (SSSR count). The van der Waals surface area contributed by atoms with Crippen molar-refractivity contribution in [2.75, 3.05) is 83.3 Å². The van der Waals surface area contributed by atoms with Crippen LogP contribution in [-0.2, 0) is 14.8 Å². The van der Waals surface area contributed by atoms with E-state index in [2.05, 4.69) is 5.32 Å². The fourth-order valence-electron chi connectivity index (χ4n) is 6.32. The van der Waals surface area contributed by atoms with Gasteiger partial charge in [-0.2, -0.15) is 0 Å². The number of anilines is 1. The van der Waals surface area contributed by atoms with Crippen LogP contribution in [0.4, 0.5) is 19.3 Å². The molecule has 2 aliphatic rings. The second kappa shape index (κ2) is 14.5. The lowest BCUT2D eigenvalue weighted by Crippen LogP contribution is -2.55. The van der Waals surface area contributed by atoms with E-state index in [1.54, 1.807) is 45.0 Å². The van der Waals surface area contributed by atoms with E-state index >= 15 is 0 Å².